The van der Waals surface area contributed by atoms with E-state index >= 15 is 0 Å². The monoisotopic (exact) mass is 455 g/mol. The second kappa shape index (κ2) is 9.77. The SMILES string of the molecule is CCOc1cc(C(=O)Nc2ccn(Cc3ccc(Cl)cc3Cl)n2)ccc1OC(F)F. The van der Waals surface area contributed by atoms with Crippen molar-refractivity contribution in [1.82, 2.24) is 9.78 Å². The minimum atomic E-state index is -3.00. The highest BCUT2D eigenvalue weighted by molar-refractivity contribution is 6.35. The average molecular weight is 456 g/mol. The highest BCUT2D eigenvalue weighted by Crippen LogP contribution is 2.30. The molecule has 1 heterocycles. The maximum Gasteiger partial charge on any atom is 0.387 e. The zero-order valence-electron chi connectivity index (χ0n) is 15.7. The molecule has 2 aromatic carbocycles. The molecule has 1 aromatic heterocycles. The molecule has 10 heteroatoms. The van der Waals surface area contributed by atoms with E-state index in [-0.39, 0.29) is 23.7 Å². The van der Waals surface area contributed by atoms with Crippen LogP contribution in [0.4, 0.5) is 14.6 Å². The van der Waals surface area contributed by atoms with Gasteiger partial charge in [-0.15, -0.1) is 0 Å². The van der Waals surface area contributed by atoms with Crippen LogP contribution in [0.5, 0.6) is 11.5 Å². The number of aromatic nitrogens is 2. The standard InChI is InChI=1S/C20H17Cl2F2N3O3/c1-2-29-17-9-12(4-6-16(17)30-20(23)24)19(28)25-18-7-8-27(26-18)11-13-3-5-14(21)10-15(13)22/h3-10,20H,2,11H2,1H3,(H,25,26,28). The van der Waals surface area contributed by atoms with Gasteiger partial charge >= 0.3 is 6.61 Å². The lowest BCUT2D eigenvalue weighted by Gasteiger charge is -2.12. The van der Waals surface area contributed by atoms with E-state index in [1.807, 2.05) is 0 Å². The maximum atomic E-state index is 12.5. The first-order valence-corrected chi connectivity index (χ1v) is 9.61. The molecule has 1 amide bonds. The molecule has 30 heavy (non-hydrogen) atoms. The fourth-order valence-electron chi connectivity index (χ4n) is 2.64. The summed E-state index contributed by atoms with van der Waals surface area (Å²) in [6, 6.07) is 10.7. The maximum absolute atomic E-state index is 12.5. The highest BCUT2D eigenvalue weighted by atomic mass is 35.5. The first kappa shape index (κ1) is 21.9. The lowest BCUT2D eigenvalue weighted by atomic mass is 10.2. The fourth-order valence-corrected chi connectivity index (χ4v) is 3.11. The van der Waals surface area contributed by atoms with Gasteiger partial charge in [-0.05, 0) is 42.8 Å². The van der Waals surface area contributed by atoms with Gasteiger partial charge in [-0.2, -0.15) is 13.9 Å². The van der Waals surface area contributed by atoms with E-state index in [1.54, 1.807) is 42.1 Å². The van der Waals surface area contributed by atoms with E-state index < -0.39 is 12.5 Å². The zero-order chi connectivity index (χ0) is 21.7. The van der Waals surface area contributed by atoms with Crippen LogP contribution in [-0.4, -0.2) is 28.9 Å². The zero-order valence-corrected chi connectivity index (χ0v) is 17.3. The smallest absolute Gasteiger partial charge is 0.387 e. The first-order valence-electron chi connectivity index (χ1n) is 8.86. The van der Waals surface area contributed by atoms with Crippen LogP contribution in [0, 0.1) is 0 Å². The second-order valence-electron chi connectivity index (χ2n) is 6.06. The number of carbonyl (C=O) groups excluding carboxylic acids is 1. The van der Waals surface area contributed by atoms with E-state index in [2.05, 4.69) is 15.2 Å². The molecule has 1 N–H and O–H groups in total. The van der Waals surface area contributed by atoms with E-state index in [0.717, 1.165) is 5.56 Å². The number of carbonyl (C=O) groups is 1. The molecule has 3 rings (SSSR count). The van der Waals surface area contributed by atoms with Crippen molar-refractivity contribution >= 4 is 34.9 Å². The summed E-state index contributed by atoms with van der Waals surface area (Å²) < 4.78 is 36.3. The van der Waals surface area contributed by atoms with Gasteiger partial charge < -0.3 is 14.8 Å². The van der Waals surface area contributed by atoms with Crippen molar-refractivity contribution in [3.8, 4) is 11.5 Å². The number of hydrogen-bond acceptors (Lipinski definition) is 4. The Labute approximate surface area is 181 Å². The Hall–Kier alpha value is -2.84. The molecule has 0 bridgehead atoms. The summed E-state index contributed by atoms with van der Waals surface area (Å²) in [4.78, 5) is 12.5. The van der Waals surface area contributed by atoms with Crippen molar-refractivity contribution in [3.05, 3.63) is 69.8 Å². The summed E-state index contributed by atoms with van der Waals surface area (Å²) in [6.45, 7) is -0.692. The second-order valence-corrected chi connectivity index (χ2v) is 6.91. The summed E-state index contributed by atoms with van der Waals surface area (Å²) in [5.74, 6) is -0.258. The van der Waals surface area contributed by atoms with Crippen LogP contribution in [0.3, 0.4) is 0 Å². The summed E-state index contributed by atoms with van der Waals surface area (Å²) >= 11 is 12.1. The van der Waals surface area contributed by atoms with Crippen molar-refractivity contribution < 1.29 is 23.0 Å². The predicted molar refractivity (Wildman–Crippen MR) is 110 cm³/mol. The molecule has 0 spiro atoms. The number of ether oxygens (including phenoxy) is 2. The molecule has 0 aliphatic carbocycles. The lowest BCUT2D eigenvalue weighted by molar-refractivity contribution is -0.0514. The summed E-state index contributed by atoms with van der Waals surface area (Å²) in [5, 5.41) is 7.98. The topological polar surface area (TPSA) is 65.4 Å². The Morgan fingerprint density at radius 2 is 1.97 bits per heavy atom. The average Bonchev–Trinajstić information content (AvgIpc) is 3.12. The van der Waals surface area contributed by atoms with Gasteiger partial charge in [0.2, 0.25) is 0 Å². The molecular weight excluding hydrogens is 439 g/mol. The number of hydrogen-bond donors (Lipinski definition) is 1. The lowest BCUT2D eigenvalue weighted by Crippen LogP contribution is -2.13. The number of anilines is 1. The normalized spacial score (nSPS) is 10.9. The summed E-state index contributed by atoms with van der Waals surface area (Å²) in [5.41, 5.74) is 1.02. The minimum Gasteiger partial charge on any atom is -0.490 e. The van der Waals surface area contributed by atoms with E-state index in [1.165, 1.54) is 18.2 Å². The fraction of sp³-hybridized carbons (Fsp3) is 0.200. The van der Waals surface area contributed by atoms with Crippen LogP contribution < -0.4 is 14.8 Å². The first-order chi connectivity index (χ1) is 14.4. The Balaban J connectivity index is 1.71. The van der Waals surface area contributed by atoms with Gasteiger partial charge in [0.25, 0.3) is 5.91 Å². The molecule has 0 unspecified atom stereocenters. The van der Waals surface area contributed by atoms with Gasteiger partial charge in [-0.25, -0.2) is 0 Å². The molecule has 0 aliphatic heterocycles. The summed E-state index contributed by atoms with van der Waals surface area (Å²) in [7, 11) is 0. The number of nitrogens with zero attached hydrogens (tertiary/aromatic N) is 2. The Kier molecular flexibility index (Phi) is 7.12. The number of halogens is 4. The van der Waals surface area contributed by atoms with Gasteiger partial charge in [0, 0.05) is 27.9 Å². The highest BCUT2D eigenvalue weighted by Gasteiger charge is 2.15. The molecule has 0 atom stereocenters. The molecule has 0 fully saturated rings. The third kappa shape index (κ3) is 5.61. The van der Waals surface area contributed by atoms with Crippen molar-refractivity contribution in [2.75, 3.05) is 11.9 Å². The third-order valence-corrected chi connectivity index (χ3v) is 4.54. The van der Waals surface area contributed by atoms with Gasteiger partial charge in [0.05, 0.1) is 13.2 Å². The van der Waals surface area contributed by atoms with Crippen molar-refractivity contribution in [3.63, 3.8) is 0 Å². The molecule has 0 radical (unpaired) electrons. The van der Waals surface area contributed by atoms with Crippen LogP contribution in [0.1, 0.15) is 22.8 Å². The van der Waals surface area contributed by atoms with E-state index in [0.29, 0.717) is 22.4 Å². The molecule has 6 nitrogen and oxygen atoms in total. The Morgan fingerprint density at radius 1 is 1.17 bits per heavy atom. The van der Waals surface area contributed by atoms with Crippen LogP contribution in [0.15, 0.2) is 48.7 Å². The van der Waals surface area contributed by atoms with Crippen molar-refractivity contribution in [2.24, 2.45) is 0 Å². The number of benzene rings is 2. The number of nitrogens with one attached hydrogen (secondary N) is 1. The van der Waals surface area contributed by atoms with Gasteiger partial charge in [0.15, 0.2) is 17.3 Å². The van der Waals surface area contributed by atoms with Gasteiger partial charge in [-0.3, -0.25) is 9.48 Å². The van der Waals surface area contributed by atoms with Gasteiger partial charge in [0.1, 0.15) is 0 Å². The van der Waals surface area contributed by atoms with Crippen LogP contribution in [0.25, 0.3) is 0 Å². The molecular formula is C20H17Cl2F2N3O3. The molecule has 3 aromatic rings. The van der Waals surface area contributed by atoms with Crippen LogP contribution >= 0.6 is 23.2 Å². The number of amides is 1. The Bertz CT molecular complexity index is 1040. The van der Waals surface area contributed by atoms with Crippen molar-refractivity contribution in [1.29, 1.82) is 0 Å². The molecule has 158 valence electrons. The van der Waals surface area contributed by atoms with Crippen LogP contribution in [0.2, 0.25) is 10.0 Å². The van der Waals surface area contributed by atoms with E-state index in [9.17, 15) is 13.6 Å². The van der Waals surface area contributed by atoms with E-state index in [4.69, 9.17) is 27.9 Å². The molecule has 0 saturated heterocycles. The number of alkyl halides is 2. The minimum absolute atomic E-state index is 0.0494. The third-order valence-electron chi connectivity index (χ3n) is 3.95. The predicted octanol–water partition coefficient (Wildman–Crippen LogP) is 5.49. The molecule has 0 aliphatic rings. The quantitative estimate of drug-likeness (QED) is 0.487. The van der Waals surface area contributed by atoms with Crippen molar-refractivity contribution in [2.45, 2.75) is 20.1 Å². The molecule has 0 saturated carbocycles. The summed E-state index contributed by atoms with van der Waals surface area (Å²) in [6.07, 6.45) is 1.69. The Morgan fingerprint density at radius 3 is 2.67 bits per heavy atom. The van der Waals surface area contributed by atoms with Crippen LogP contribution in [-0.2, 0) is 6.54 Å². The number of rotatable bonds is 8. The largest absolute Gasteiger partial charge is 0.490 e. The van der Waals surface area contributed by atoms with Gasteiger partial charge in [-0.1, -0.05) is 29.3 Å².